The zero-order chi connectivity index (χ0) is 29.4. The lowest BCUT2D eigenvalue weighted by atomic mass is 9.73. The number of allylic oxidation sites excluding steroid dienone is 4. The summed E-state index contributed by atoms with van der Waals surface area (Å²) in [6.45, 7) is 8.58. The highest BCUT2D eigenvalue weighted by Crippen LogP contribution is 2.42. The molecule has 0 radical (unpaired) electrons. The summed E-state index contributed by atoms with van der Waals surface area (Å²) >= 11 is 0. The lowest BCUT2D eigenvalue weighted by Gasteiger charge is -2.34. The van der Waals surface area contributed by atoms with E-state index in [2.05, 4.69) is 66.6 Å². The normalized spacial score (nSPS) is 31.1. The van der Waals surface area contributed by atoms with Crippen molar-refractivity contribution in [1.29, 1.82) is 5.26 Å². The first kappa shape index (κ1) is 28.4. The van der Waals surface area contributed by atoms with E-state index >= 15 is 0 Å². The van der Waals surface area contributed by atoms with Crippen LogP contribution in [0.5, 0.6) is 0 Å². The van der Waals surface area contributed by atoms with Gasteiger partial charge in [0.1, 0.15) is 17.7 Å². The number of aromatic nitrogens is 1. The van der Waals surface area contributed by atoms with Crippen LogP contribution in [0.1, 0.15) is 70.6 Å². The summed E-state index contributed by atoms with van der Waals surface area (Å²) in [7, 11) is 1.73. The van der Waals surface area contributed by atoms with Crippen LogP contribution in [-0.2, 0) is 16.0 Å². The molecule has 1 saturated carbocycles. The smallest absolute Gasteiger partial charge is 0.411 e. The number of nitrogens with zero attached hydrogens (tertiary/aromatic N) is 4. The molecule has 4 atom stereocenters. The van der Waals surface area contributed by atoms with E-state index in [4.69, 9.17) is 14.5 Å². The van der Waals surface area contributed by atoms with Gasteiger partial charge in [-0.3, -0.25) is 4.90 Å². The van der Waals surface area contributed by atoms with Gasteiger partial charge in [0.25, 0.3) is 0 Å². The lowest BCUT2D eigenvalue weighted by molar-refractivity contribution is 0.142. The van der Waals surface area contributed by atoms with Crippen molar-refractivity contribution >= 4 is 17.5 Å². The van der Waals surface area contributed by atoms with Gasteiger partial charge in [-0.1, -0.05) is 12.2 Å². The maximum absolute atomic E-state index is 13.3. The van der Waals surface area contributed by atoms with E-state index in [1.807, 2.05) is 11.8 Å². The van der Waals surface area contributed by atoms with Gasteiger partial charge in [0.15, 0.2) is 0 Å². The van der Waals surface area contributed by atoms with Gasteiger partial charge >= 0.3 is 6.09 Å². The number of hydrogen-bond acceptors (Lipinski definition) is 7. The molecule has 8 heteroatoms. The van der Waals surface area contributed by atoms with Gasteiger partial charge in [-0.05, 0) is 101 Å². The van der Waals surface area contributed by atoms with Crippen LogP contribution in [0.3, 0.4) is 0 Å². The zero-order valence-electron chi connectivity index (χ0n) is 25.3. The predicted octanol–water partition coefficient (Wildman–Crippen LogP) is 6.09. The minimum absolute atomic E-state index is 0.138. The largest absolute Gasteiger partial charge is 0.496 e. The second-order valence-corrected chi connectivity index (χ2v) is 12.6. The van der Waals surface area contributed by atoms with Crippen LogP contribution in [0, 0.1) is 29.1 Å². The lowest BCUT2D eigenvalue weighted by Crippen LogP contribution is -2.38. The van der Waals surface area contributed by atoms with E-state index < -0.39 is 0 Å². The Morgan fingerprint density at radius 3 is 2.62 bits per heavy atom. The number of anilines is 1. The maximum Gasteiger partial charge on any atom is 0.411 e. The molecule has 4 heterocycles. The van der Waals surface area contributed by atoms with Crippen molar-refractivity contribution in [3.63, 3.8) is 0 Å². The van der Waals surface area contributed by atoms with E-state index in [9.17, 15) is 10.1 Å². The summed E-state index contributed by atoms with van der Waals surface area (Å²) in [6, 6.07) is 6.79. The van der Waals surface area contributed by atoms with Crippen molar-refractivity contribution in [2.45, 2.75) is 84.0 Å². The van der Waals surface area contributed by atoms with Crippen LogP contribution in [0.2, 0.25) is 0 Å². The van der Waals surface area contributed by atoms with Crippen LogP contribution in [0.25, 0.3) is 5.57 Å². The molecule has 222 valence electrons. The number of nitrogens with one attached hydrogen (secondary N) is 1. The first-order valence-electron chi connectivity index (χ1n) is 15.6. The third-order valence-corrected chi connectivity index (χ3v) is 9.75. The van der Waals surface area contributed by atoms with Gasteiger partial charge in [0.2, 0.25) is 0 Å². The molecular formula is C34H43N5O3. The van der Waals surface area contributed by atoms with Crippen molar-refractivity contribution in [3.05, 3.63) is 64.7 Å². The van der Waals surface area contributed by atoms with E-state index in [-0.39, 0.29) is 30.2 Å². The Hall–Kier alpha value is -3.73. The molecule has 5 aliphatic rings. The van der Waals surface area contributed by atoms with Gasteiger partial charge in [-0.2, -0.15) is 5.26 Å². The minimum atomic E-state index is -0.324. The van der Waals surface area contributed by atoms with Crippen LogP contribution in [-0.4, -0.2) is 54.4 Å². The standard InChI is InChI=1S/C34H43N5O3/c1-21-16-27(17-22(2)36-21)33-23(3)39(34(40)42-33)20-30-28(11-13-32(37-30)38-14-5-15-38)29-18-26(10-12-31(29)41-4)25-8-6-24(19-35)7-9-25/h11-13,16-18,21,23-26,33,36H,5-10,14-15,20H2,1-4H3/t21?,23-,24?,25?,26?,33-/m0/s1. The Morgan fingerprint density at radius 1 is 1.17 bits per heavy atom. The van der Waals surface area contributed by atoms with Gasteiger partial charge in [0.05, 0.1) is 31.5 Å². The number of rotatable bonds is 7. The quantitative estimate of drug-likeness (QED) is 0.425. The average Bonchev–Trinajstić information content (AvgIpc) is 3.24. The topological polar surface area (TPSA) is 90.7 Å². The molecule has 3 aliphatic heterocycles. The summed E-state index contributed by atoms with van der Waals surface area (Å²) in [4.78, 5) is 22.6. The van der Waals surface area contributed by atoms with Crippen molar-refractivity contribution < 1.29 is 14.3 Å². The Bertz CT molecular complexity index is 1380. The van der Waals surface area contributed by atoms with Gasteiger partial charge < -0.3 is 19.7 Å². The molecule has 1 aromatic rings. The van der Waals surface area contributed by atoms with Crippen LogP contribution < -0.4 is 10.2 Å². The molecule has 8 nitrogen and oxygen atoms in total. The Morgan fingerprint density at radius 2 is 1.95 bits per heavy atom. The molecule has 0 spiro atoms. The van der Waals surface area contributed by atoms with E-state index in [1.54, 1.807) is 7.11 Å². The summed E-state index contributed by atoms with van der Waals surface area (Å²) in [6.07, 6.45) is 14.4. The van der Waals surface area contributed by atoms with Crippen LogP contribution >= 0.6 is 0 Å². The number of carbonyl (C=O) groups is 1. The second-order valence-electron chi connectivity index (χ2n) is 12.6. The minimum Gasteiger partial charge on any atom is -0.496 e. The molecule has 0 bridgehead atoms. The highest BCUT2D eigenvalue weighted by Gasteiger charge is 2.41. The van der Waals surface area contributed by atoms with Crippen molar-refractivity contribution in [2.75, 3.05) is 25.1 Å². The second kappa shape index (κ2) is 11.9. The zero-order valence-corrected chi connectivity index (χ0v) is 25.3. The molecule has 1 N–H and O–H groups in total. The molecule has 2 unspecified atom stereocenters. The van der Waals surface area contributed by atoms with E-state index in [1.165, 1.54) is 6.42 Å². The van der Waals surface area contributed by atoms with Crippen LogP contribution in [0.15, 0.2) is 53.5 Å². The fourth-order valence-corrected chi connectivity index (χ4v) is 7.24. The summed E-state index contributed by atoms with van der Waals surface area (Å²) in [5.41, 5.74) is 5.05. The fourth-order valence-electron chi connectivity index (χ4n) is 7.24. The number of cyclic esters (lactones) is 1. The summed E-state index contributed by atoms with van der Waals surface area (Å²) < 4.78 is 11.9. The number of pyridine rings is 1. The molecule has 3 fully saturated rings. The number of amides is 1. The molecule has 0 aromatic carbocycles. The van der Waals surface area contributed by atoms with Crippen LogP contribution in [0.4, 0.5) is 10.6 Å². The number of nitriles is 1. The third-order valence-electron chi connectivity index (χ3n) is 9.75. The van der Waals surface area contributed by atoms with Crippen molar-refractivity contribution in [3.8, 4) is 6.07 Å². The molecule has 1 amide bonds. The van der Waals surface area contributed by atoms with Gasteiger partial charge in [-0.25, -0.2) is 9.78 Å². The number of methoxy groups -OCH3 is 1. The molecule has 42 heavy (non-hydrogen) atoms. The highest BCUT2D eigenvalue weighted by atomic mass is 16.6. The Labute approximate surface area is 249 Å². The Kier molecular flexibility index (Phi) is 8.02. The highest BCUT2D eigenvalue weighted by molar-refractivity contribution is 5.80. The molecule has 2 saturated heterocycles. The maximum atomic E-state index is 13.3. The first-order valence-corrected chi connectivity index (χ1v) is 15.6. The molecular weight excluding hydrogens is 526 g/mol. The van der Waals surface area contributed by atoms with E-state index in [0.29, 0.717) is 18.4 Å². The number of hydrogen-bond donors (Lipinski definition) is 1. The molecule has 2 aliphatic carbocycles. The predicted molar refractivity (Wildman–Crippen MR) is 163 cm³/mol. The third kappa shape index (κ3) is 5.54. The summed E-state index contributed by atoms with van der Waals surface area (Å²) in [5, 5.41) is 12.8. The first-order chi connectivity index (χ1) is 20.3. The van der Waals surface area contributed by atoms with E-state index in [0.717, 1.165) is 84.9 Å². The Balaban J connectivity index is 1.31. The monoisotopic (exact) mass is 569 g/mol. The van der Waals surface area contributed by atoms with Crippen molar-refractivity contribution in [1.82, 2.24) is 15.2 Å². The SMILES string of the molecule is COC1=CCC(C2CCC(C#N)CC2)C=C1c1ccc(N2CCC2)nc1CN1C(=O)O[C@H](C2=CC(C)NC(C)=C2)[C@@H]1C. The van der Waals surface area contributed by atoms with Crippen molar-refractivity contribution in [2.24, 2.45) is 17.8 Å². The van der Waals surface area contributed by atoms with Gasteiger partial charge in [-0.15, -0.1) is 0 Å². The molecule has 1 aromatic heterocycles. The number of carbonyl (C=O) groups excluding carboxylic acids is 1. The average molecular weight is 570 g/mol. The molecule has 6 rings (SSSR count). The fraction of sp³-hybridized carbons (Fsp3) is 0.559. The summed E-state index contributed by atoms with van der Waals surface area (Å²) in [5.74, 6) is 2.96. The number of dihydropyridines is 1. The van der Waals surface area contributed by atoms with Gasteiger partial charge in [0, 0.05) is 41.9 Å². The number of ether oxygens (including phenoxy) is 2.